The summed E-state index contributed by atoms with van der Waals surface area (Å²) in [5.41, 5.74) is 8.77. The predicted octanol–water partition coefficient (Wildman–Crippen LogP) is 0.400. The first kappa shape index (κ1) is 12.6. The minimum atomic E-state index is -0.478. The van der Waals surface area contributed by atoms with E-state index in [0.29, 0.717) is 6.54 Å². The molecule has 5 nitrogen and oxygen atoms in total. The number of amides is 2. The standard InChI is InChI=1S/C11H20N4O/c1-8-6-10(9(2)15(8)3)7-13-4-5-14-11(12)16/h6,13H,4-5,7H2,1-3H3,(H3,12,14,16). The van der Waals surface area contributed by atoms with Crippen LogP contribution in [-0.2, 0) is 13.6 Å². The Hall–Kier alpha value is -1.49. The van der Waals surface area contributed by atoms with Gasteiger partial charge in [0.1, 0.15) is 0 Å². The fourth-order valence-corrected chi connectivity index (χ4v) is 1.61. The Morgan fingerprint density at radius 1 is 1.44 bits per heavy atom. The Morgan fingerprint density at radius 2 is 2.12 bits per heavy atom. The summed E-state index contributed by atoms with van der Waals surface area (Å²) < 4.78 is 2.17. The topological polar surface area (TPSA) is 72.1 Å². The zero-order valence-corrected chi connectivity index (χ0v) is 10.1. The monoisotopic (exact) mass is 224 g/mol. The van der Waals surface area contributed by atoms with Crippen LogP contribution in [0.3, 0.4) is 0 Å². The van der Waals surface area contributed by atoms with Crippen LogP contribution in [0.5, 0.6) is 0 Å². The molecule has 1 aromatic heterocycles. The van der Waals surface area contributed by atoms with Crippen molar-refractivity contribution in [3.8, 4) is 0 Å². The van der Waals surface area contributed by atoms with Gasteiger partial charge in [0.25, 0.3) is 0 Å². The summed E-state index contributed by atoms with van der Waals surface area (Å²) >= 11 is 0. The SMILES string of the molecule is Cc1cc(CNCCNC(N)=O)c(C)n1C. The second-order valence-electron chi connectivity index (χ2n) is 3.92. The van der Waals surface area contributed by atoms with Crippen LogP contribution in [0.25, 0.3) is 0 Å². The van der Waals surface area contributed by atoms with Gasteiger partial charge in [0.15, 0.2) is 0 Å². The van der Waals surface area contributed by atoms with E-state index in [1.54, 1.807) is 0 Å². The summed E-state index contributed by atoms with van der Waals surface area (Å²) in [5.74, 6) is 0. The van der Waals surface area contributed by atoms with E-state index in [1.807, 2.05) is 0 Å². The molecule has 0 aliphatic carbocycles. The van der Waals surface area contributed by atoms with Crippen LogP contribution < -0.4 is 16.4 Å². The summed E-state index contributed by atoms with van der Waals surface area (Å²) in [6.45, 7) is 6.28. The van der Waals surface area contributed by atoms with Crippen molar-refractivity contribution in [2.24, 2.45) is 12.8 Å². The molecule has 0 bridgehead atoms. The molecule has 0 aromatic carbocycles. The van der Waals surface area contributed by atoms with Crippen molar-refractivity contribution in [2.75, 3.05) is 13.1 Å². The van der Waals surface area contributed by atoms with Crippen LogP contribution in [0.4, 0.5) is 4.79 Å². The van der Waals surface area contributed by atoms with Crippen LogP contribution in [-0.4, -0.2) is 23.7 Å². The third kappa shape index (κ3) is 3.27. The van der Waals surface area contributed by atoms with Gasteiger partial charge in [0.05, 0.1) is 0 Å². The average Bonchev–Trinajstić information content (AvgIpc) is 2.45. The zero-order valence-electron chi connectivity index (χ0n) is 10.1. The lowest BCUT2D eigenvalue weighted by atomic mass is 10.2. The Labute approximate surface area is 96.0 Å². The van der Waals surface area contributed by atoms with Crippen molar-refractivity contribution in [3.63, 3.8) is 0 Å². The number of urea groups is 1. The van der Waals surface area contributed by atoms with Gasteiger partial charge in [-0.1, -0.05) is 0 Å². The molecular formula is C11H20N4O. The molecular weight excluding hydrogens is 204 g/mol. The minimum Gasteiger partial charge on any atom is -0.352 e. The molecule has 0 unspecified atom stereocenters. The molecule has 0 aliphatic rings. The van der Waals surface area contributed by atoms with Crippen LogP contribution >= 0.6 is 0 Å². The van der Waals surface area contributed by atoms with E-state index in [0.717, 1.165) is 13.1 Å². The molecule has 0 atom stereocenters. The Bertz CT molecular complexity index is 370. The summed E-state index contributed by atoms with van der Waals surface area (Å²) in [6.07, 6.45) is 0. The van der Waals surface area contributed by atoms with Crippen molar-refractivity contribution < 1.29 is 4.79 Å². The van der Waals surface area contributed by atoms with Crippen LogP contribution in [0, 0.1) is 13.8 Å². The van der Waals surface area contributed by atoms with Crippen LogP contribution in [0.1, 0.15) is 17.0 Å². The number of primary amides is 1. The fourth-order valence-electron chi connectivity index (χ4n) is 1.61. The van der Waals surface area contributed by atoms with Gasteiger partial charge < -0.3 is 20.9 Å². The summed E-state index contributed by atoms with van der Waals surface area (Å²) in [4.78, 5) is 10.4. The quantitative estimate of drug-likeness (QED) is 0.633. The Morgan fingerprint density at radius 3 is 2.62 bits per heavy atom. The molecule has 1 rings (SSSR count). The third-order valence-electron chi connectivity index (χ3n) is 2.80. The van der Waals surface area contributed by atoms with Crippen molar-refractivity contribution in [1.82, 2.24) is 15.2 Å². The van der Waals surface area contributed by atoms with Gasteiger partial charge >= 0.3 is 6.03 Å². The molecule has 0 aliphatic heterocycles. The van der Waals surface area contributed by atoms with Gasteiger partial charge in [-0.3, -0.25) is 0 Å². The van der Waals surface area contributed by atoms with E-state index >= 15 is 0 Å². The number of carbonyl (C=O) groups excluding carboxylic acids is 1. The molecule has 1 heterocycles. The number of aryl methyl sites for hydroxylation is 1. The summed E-state index contributed by atoms with van der Waals surface area (Å²) in [5, 5.41) is 5.79. The number of hydrogen-bond donors (Lipinski definition) is 3. The molecule has 0 fully saturated rings. The second kappa shape index (κ2) is 5.55. The lowest BCUT2D eigenvalue weighted by Crippen LogP contribution is -2.35. The number of hydrogen-bond acceptors (Lipinski definition) is 2. The largest absolute Gasteiger partial charge is 0.352 e. The summed E-state index contributed by atoms with van der Waals surface area (Å²) in [7, 11) is 2.06. The van der Waals surface area contributed by atoms with Gasteiger partial charge in [0.2, 0.25) is 0 Å². The smallest absolute Gasteiger partial charge is 0.312 e. The van der Waals surface area contributed by atoms with Gasteiger partial charge in [-0.05, 0) is 25.5 Å². The van der Waals surface area contributed by atoms with Crippen LogP contribution in [0.15, 0.2) is 6.07 Å². The highest BCUT2D eigenvalue weighted by atomic mass is 16.2. The van der Waals surface area contributed by atoms with E-state index in [9.17, 15) is 4.79 Å². The zero-order chi connectivity index (χ0) is 12.1. The molecule has 0 saturated carbocycles. The number of nitrogens with zero attached hydrogens (tertiary/aromatic N) is 1. The Kier molecular flexibility index (Phi) is 4.37. The lowest BCUT2D eigenvalue weighted by Gasteiger charge is -2.05. The fraction of sp³-hybridized carbons (Fsp3) is 0.545. The first-order valence-electron chi connectivity index (χ1n) is 5.38. The van der Waals surface area contributed by atoms with E-state index < -0.39 is 6.03 Å². The number of rotatable bonds is 5. The molecule has 90 valence electrons. The molecule has 16 heavy (non-hydrogen) atoms. The maximum atomic E-state index is 10.4. The van der Waals surface area contributed by atoms with Crippen LogP contribution in [0.2, 0.25) is 0 Å². The van der Waals surface area contributed by atoms with Crippen molar-refractivity contribution in [2.45, 2.75) is 20.4 Å². The molecule has 0 saturated heterocycles. The van der Waals surface area contributed by atoms with E-state index in [1.165, 1.54) is 17.0 Å². The second-order valence-corrected chi connectivity index (χ2v) is 3.92. The first-order chi connectivity index (χ1) is 7.52. The minimum absolute atomic E-state index is 0.478. The van der Waals surface area contributed by atoms with Gasteiger partial charge in [-0.25, -0.2) is 4.79 Å². The highest BCUT2D eigenvalue weighted by Crippen LogP contribution is 2.12. The van der Waals surface area contributed by atoms with Crippen molar-refractivity contribution in [1.29, 1.82) is 0 Å². The molecule has 0 spiro atoms. The van der Waals surface area contributed by atoms with E-state index in [2.05, 4.69) is 42.2 Å². The van der Waals surface area contributed by atoms with Gasteiger partial charge in [-0.2, -0.15) is 0 Å². The molecule has 2 amide bonds. The number of nitrogens with two attached hydrogens (primary N) is 1. The van der Waals surface area contributed by atoms with E-state index in [4.69, 9.17) is 5.73 Å². The number of carbonyl (C=O) groups is 1. The normalized spacial score (nSPS) is 10.4. The average molecular weight is 224 g/mol. The van der Waals surface area contributed by atoms with Crippen molar-refractivity contribution in [3.05, 3.63) is 23.0 Å². The molecule has 1 aromatic rings. The highest BCUT2D eigenvalue weighted by Gasteiger charge is 2.04. The number of aromatic nitrogens is 1. The molecule has 4 N–H and O–H groups in total. The highest BCUT2D eigenvalue weighted by molar-refractivity contribution is 5.71. The van der Waals surface area contributed by atoms with Crippen molar-refractivity contribution >= 4 is 6.03 Å². The summed E-state index contributed by atoms with van der Waals surface area (Å²) in [6, 6.07) is 1.69. The predicted molar refractivity (Wildman–Crippen MR) is 64.2 cm³/mol. The lowest BCUT2D eigenvalue weighted by molar-refractivity contribution is 0.249. The van der Waals surface area contributed by atoms with Gasteiger partial charge in [0, 0.05) is 38.1 Å². The maximum Gasteiger partial charge on any atom is 0.312 e. The van der Waals surface area contributed by atoms with Gasteiger partial charge in [-0.15, -0.1) is 0 Å². The molecule has 5 heteroatoms. The van der Waals surface area contributed by atoms with E-state index in [-0.39, 0.29) is 0 Å². The maximum absolute atomic E-state index is 10.4. The first-order valence-corrected chi connectivity index (χ1v) is 5.38. The third-order valence-corrected chi connectivity index (χ3v) is 2.80. The molecule has 0 radical (unpaired) electrons. The Balaban J connectivity index is 2.32. The number of nitrogens with one attached hydrogen (secondary N) is 2.